The number of hydrogen-bond donors (Lipinski definition) is 2. The van der Waals surface area contributed by atoms with E-state index in [9.17, 15) is 9.18 Å². The summed E-state index contributed by atoms with van der Waals surface area (Å²) in [5, 5.41) is 11.2. The first-order chi connectivity index (χ1) is 11.6. The van der Waals surface area contributed by atoms with Crippen LogP contribution in [-0.4, -0.2) is 22.3 Å². The molecule has 1 aromatic heterocycles. The summed E-state index contributed by atoms with van der Waals surface area (Å²) < 4.78 is 12.9. The highest BCUT2D eigenvalue weighted by Gasteiger charge is 2.10. The quantitative estimate of drug-likeness (QED) is 0.561. The molecule has 0 aliphatic carbocycles. The van der Waals surface area contributed by atoms with Crippen molar-refractivity contribution in [3.8, 4) is 11.3 Å². The van der Waals surface area contributed by atoms with Crippen molar-refractivity contribution in [3.63, 3.8) is 0 Å². The minimum Gasteiger partial charge on any atom is -0.272 e. The monoisotopic (exact) mass is 342 g/mol. The highest BCUT2D eigenvalue weighted by Crippen LogP contribution is 2.17. The topological polar surface area (TPSA) is 70.1 Å². The average molecular weight is 343 g/mol. The lowest BCUT2D eigenvalue weighted by atomic mass is 10.1. The van der Waals surface area contributed by atoms with Gasteiger partial charge in [0.1, 0.15) is 11.5 Å². The fourth-order valence-corrected chi connectivity index (χ4v) is 2.11. The maximum atomic E-state index is 12.9. The highest BCUT2D eigenvalue weighted by molar-refractivity contribution is 6.30. The van der Waals surface area contributed by atoms with Gasteiger partial charge in [-0.15, -0.1) is 0 Å². The van der Waals surface area contributed by atoms with Crippen molar-refractivity contribution in [2.45, 2.75) is 0 Å². The van der Waals surface area contributed by atoms with Gasteiger partial charge < -0.3 is 0 Å². The molecule has 0 unspecified atom stereocenters. The molecule has 1 heterocycles. The first kappa shape index (κ1) is 15.9. The van der Waals surface area contributed by atoms with Crippen LogP contribution >= 0.6 is 11.6 Å². The van der Waals surface area contributed by atoms with E-state index >= 15 is 0 Å². The Kier molecular flexibility index (Phi) is 4.67. The normalized spacial score (nSPS) is 10.9. The third-order valence-electron chi connectivity index (χ3n) is 3.21. The predicted molar refractivity (Wildman–Crippen MR) is 90.5 cm³/mol. The summed E-state index contributed by atoms with van der Waals surface area (Å²) >= 11 is 5.79. The number of nitrogens with zero attached hydrogens (tertiary/aromatic N) is 2. The molecule has 3 rings (SSSR count). The van der Waals surface area contributed by atoms with Crippen molar-refractivity contribution in [2.24, 2.45) is 5.10 Å². The second-order valence-electron chi connectivity index (χ2n) is 4.92. The summed E-state index contributed by atoms with van der Waals surface area (Å²) in [4.78, 5) is 12.0. The number of H-pyrrole nitrogens is 1. The lowest BCUT2D eigenvalue weighted by Crippen LogP contribution is -2.17. The van der Waals surface area contributed by atoms with Gasteiger partial charge in [-0.3, -0.25) is 9.89 Å². The van der Waals surface area contributed by atoms with Gasteiger partial charge in [-0.05, 0) is 48.0 Å². The number of amides is 1. The van der Waals surface area contributed by atoms with Crippen molar-refractivity contribution in [1.82, 2.24) is 15.6 Å². The molecule has 1 amide bonds. The molecule has 0 saturated carbocycles. The zero-order valence-corrected chi connectivity index (χ0v) is 13.1. The molecule has 2 N–H and O–H groups in total. The number of aromatic amines is 1. The average Bonchev–Trinajstić information content (AvgIpc) is 3.07. The lowest BCUT2D eigenvalue weighted by molar-refractivity contribution is 0.0950. The van der Waals surface area contributed by atoms with E-state index in [1.165, 1.54) is 18.3 Å². The van der Waals surface area contributed by atoms with E-state index in [0.717, 1.165) is 5.56 Å². The van der Waals surface area contributed by atoms with Crippen LogP contribution in [0.15, 0.2) is 59.7 Å². The van der Waals surface area contributed by atoms with Gasteiger partial charge in [-0.2, -0.15) is 10.2 Å². The summed E-state index contributed by atoms with van der Waals surface area (Å²) in [6, 6.07) is 14.4. The smallest absolute Gasteiger partial charge is 0.272 e. The molecular formula is C17H12ClFN4O. The molecule has 7 heteroatoms. The van der Waals surface area contributed by atoms with Crippen molar-refractivity contribution in [1.29, 1.82) is 0 Å². The maximum absolute atomic E-state index is 12.9. The van der Waals surface area contributed by atoms with Gasteiger partial charge in [0.05, 0.1) is 11.9 Å². The molecule has 0 aliphatic rings. The predicted octanol–water partition coefficient (Wildman–Crippen LogP) is 3.63. The minimum absolute atomic E-state index is 0.252. The number of rotatable bonds is 4. The van der Waals surface area contributed by atoms with E-state index in [2.05, 4.69) is 20.7 Å². The second kappa shape index (κ2) is 7.06. The maximum Gasteiger partial charge on any atom is 0.289 e. The summed E-state index contributed by atoms with van der Waals surface area (Å²) in [6.45, 7) is 0. The number of hydrogen-bond acceptors (Lipinski definition) is 3. The van der Waals surface area contributed by atoms with Gasteiger partial charge in [0.15, 0.2) is 0 Å². The Morgan fingerprint density at radius 3 is 2.58 bits per heavy atom. The molecule has 24 heavy (non-hydrogen) atoms. The van der Waals surface area contributed by atoms with Gasteiger partial charge in [-0.1, -0.05) is 23.7 Å². The summed E-state index contributed by atoms with van der Waals surface area (Å²) in [5.41, 5.74) is 4.71. The van der Waals surface area contributed by atoms with Crippen LogP contribution in [0.5, 0.6) is 0 Å². The number of aromatic nitrogens is 2. The molecule has 3 aromatic rings. The number of carbonyl (C=O) groups excluding carboxylic acids is 1. The number of hydrazone groups is 1. The SMILES string of the molecule is O=C(N/N=C\c1ccc(Cl)cc1)c1cc(-c2ccc(F)cc2)n[nH]1. The van der Waals surface area contributed by atoms with Gasteiger partial charge in [0, 0.05) is 10.6 Å². The minimum atomic E-state index is -0.430. The Morgan fingerprint density at radius 1 is 1.17 bits per heavy atom. The molecule has 5 nitrogen and oxygen atoms in total. The molecule has 0 aliphatic heterocycles. The molecule has 0 atom stereocenters. The van der Waals surface area contributed by atoms with Crippen LogP contribution in [0.3, 0.4) is 0 Å². The number of carbonyl (C=O) groups is 1. The molecule has 120 valence electrons. The molecule has 0 spiro atoms. The Bertz CT molecular complexity index is 872. The van der Waals surface area contributed by atoms with Crippen LogP contribution in [-0.2, 0) is 0 Å². The van der Waals surface area contributed by atoms with E-state index in [1.54, 1.807) is 42.5 Å². The van der Waals surface area contributed by atoms with Gasteiger partial charge >= 0.3 is 0 Å². The highest BCUT2D eigenvalue weighted by atomic mass is 35.5. The van der Waals surface area contributed by atoms with Crippen LogP contribution in [0, 0.1) is 5.82 Å². The van der Waals surface area contributed by atoms with E-state index in [-0.39, 0.29) is 11.5 Å². The molecule has 0 saturated heterocycles. The van der Waals surface area contributed by atoms with Crippen molar-refractivity contribution >= 4 is 23.7 Å². The van der Waals surface area contributed by atoms with Gasteiger partial charge in [0.2, 0.25) is 0 Å². The Morgan fingerprint density at radius 2 is 1.88 bits per heavy atom. The lowest BCUT2D eigenvalue weighted by Gasteiger charge is -1.96. The molecule has 0 radical (unpaired) electrons. The van der Waals surface area contributed by atoms with Crippen LogP contribution in [0.4, 0.5) is 4.39 Å². The Balaban J connectivity index is 1.65. The summed E-state index contributed by atoms with van der Waals surface area (Å²) in [7, 11) is 0. The third-order valence-corrected chi connectivity index (χ3v) is 3.46. The number of benzene rings is 2. The van der Waals surface area contributed by atoms with E-state index in [4.69, 9.17) is 11.6 Å². The first-order valence-corrected chi connectivity index (χ1v) is 7.40. The van der Waals surface area contributed by atoms with Crippen LogP contribution < -0.4 is 5.43 Å². The fourth-order valence-electron chi connectivity index (χ4n) is 1.98. The number of halogens is 2. The van der Waals surface area contributed by atoms with Gasteiger partial charge in [-0.25, -0.2) is 9.82 Å². The van der Waals surface area contributed by atoms with E-state index < -0.39 is 5.91 Å². The second-order valence-corrected chi connectivity index (χ2v) is 5.36. The summed E-state index contributed by atoms with van der Waals surface area (Å²) in [5.74, 6) is -0.759. The third kappa shape index (κ3) is 3.85. The molecular weight excluding hydrogens is 331 g/mol. The van der Waals surface area contributed by atoms with Crippen LogP contribution in [0.25, 0.3) is 11.3 Å². The Labute approximate surface area is 142 Å². The van der Waals surface area contributed by atoms with Gasteiger partial charge in [0.25, 0.3) is 5.91 Å². The zero-order chi connectivity index (χ0) is 16.9. The van der Waals surface area contributed by atoms with Crippen LogP contribution in [0.1, 0.15) is 16.1 Å². The summed E-state index contributed by atoms with van der Waals surface area (Å²) in [6.07, 6.45) is 1.51. The largest absolute Gasteiger partial charge is 0.289 e. The van der Waals surface area contributed by atoms with Crippen molar-refractivity contribution in [3.05, 3.63) is 76.7 Å². The molecule has 2 aromatic carbocycles. The molecule has 0 fully saturated rings. The zero-order valence-electron chi connectivity index (χ0n) is 12.3. The standard InChI is InChI=1S/C17H12ClFN4O/c18-13-5-1-11(2-6-13)10-20-23-17(24)16-9-15(21-22-16)12-3-7-14(19)8-4-12/h1-10H,(H,21,22)(H,23,24)/b20-10-. The van der Waals surface area contributed by atoms with Crippen molar-refractivity contribution in [2.75, 3.05) is 0 Å². The number of nitrogens with one attached hydrogen (secondary N) is 2. The van der Waals surface area contributed by atoms with E-state index in [0.29, 0.717) is 16.3 Å². The van der Waals surface area contributed by atoms with Crippen molar-refractivity contribution < 1.29 is 9.18 Å². The first-order valence-electron chi connectivity index (χ1n) is 7.02. The van der Waals surface area contributed by atoms with Crippen LogP contribution in [0.2, 0.25) is 5.02 Å². The fraction of sp³-hybridized carbons (Fsp3) is 0. The Hall–Kier alpha value is -2.99. The molecule has 0 bridgehead atoms. The van der Waals surface area contributed by atoms with E-state index in [1.807, 2.05) is 0 Å².